The highest BCUT2D eigenvalue weighted by Crippen LogP contribution is 2.36. The smallest absolute Gasteiger partial charge is 0.354 e. The number of rotatable bonds is 2. The van der Waals surface area contributed by atoms with Crippen LogP contribution >= 0.6 is 27.7 Å². The number of carbonyl (C=O) groups excluding carboxylic acids is 1. The van der Waals surface area contributed by atoms with Crippen LogP contribution in [0.5, 0.6) is 0 Å². The molecule has 0 spiro atoms. The van der Waals surface area contributed by atoms with E-state index >= 15 is 0 Å². The van der Waals surface area contributed by atoms with E-state index < -0.39 is 11.7 Å². The van der Waals surface area contributed by atoms with Crippen molar-refractivity contribution in [1.82, 2.24) is 9.88 Å². The van der Waals surface area contributed by atoms with Crippen LogP contribution in [0.1, 0.15) is 5.56 Å². The lowest BCUT2D eigenvalue weighted by atomic mass is 9.98. The highest BCUT2D eigenvalue weighted by atomic mass is 79.9. The maximum Gasteiger partial charge on any atom is 0.417 e. The summed E-state index contributed by atoms with van der Waals surface area (Å²) in [5.74, 6) is 2.44. The molecular weight excluding hydrogens is 395 g/mol. The molecule has 0 aromatic carbocycles. The summed E-state index contributed by atoms with van der Waals surface area (Å²) in [6, 6.07) is 1.03. The van der Waals surface area contributed by atoms with Crippen molar-refractivity contribution >= 4 is 39.4 Å². The first-order valence-electron chi connectivity index (χ1n) is 7.20. The van der Waals surface area contributed by atoms with E-state index in [1.54, 1.807) is 0 Å². The fourth-order valence-corrected chi connectivity index (χ4v) is 4.17. The van der Waals surface area contributed by atoms with Gasteiger partial charge in [0.2, 0.25) is 5.91 Å². The Balaban J connectivity index is 1.62. The van der Waals surface area contributed by atoms with Crippen LogP contribution in [-0.2, 0) is 11.0 Å². The second-order valence-corrected chi connectivity index (χ2v) is 7.65. The second kappa shape index (κ2) is 6.51. The Morgan fingerprint density at radius 3 is 2.52 bits per heavy atom. The monoisotopic (exact) mass is 409 g/mol. The Morgan fingerprint density at radius 1 is 1.30 bits per heavy atom. The third kappa shape index (κ3) is 3.60. The zero-order valence-corrected chi connectivity index (χ0v) is 14.5. The molecule has 126 valence electrons. The molecule has 0 saturated carbocycles. The van der Waals surface area contributed by atoms with Gasteiger partial charge in [-0.15, -0.1) is 0 Å². The number of halogens is 4. The average Bonchev–Trinajstić information content (AvgIpc) is 2.47. The molecule has 2 aliphatic rings. The maximum absolute atomic E-state index is 12.6. The van der Waals surface area contributed by atoms with E-state index in [1.807, 2.05) is 21.6 Å². The van der Waals surface area contributed by atoms with Gasteiger partial charge in [-0.05, 0) is 22.0 Å². The molecule has 0 bridgehead atoms. The molecule has 0 atom stereocenters. The summed E-state index contributed by atoms with van der Waals surface area (Å²) in [6.07, 6.45) is -3.58. The van der Waals surface area contributed by atoms with Crippen molar-refractivity contribution in [3.8, 4) is 0 Å². The Kier molecular flexibility index (Phi) is 4.78. The van der Waals surface area contributed by atoms with Crippen LogP contribution in [-0.4, -0.2) is 53.5 Å². The minimum Gasteiger partial charge on any atom is -0.354 e. The van der Waals surface area contributed by atoms with E-state index in [4.69, 9.17) is 0 Å². The normalized spacial score (nSPS) is 19.7. The number of hydrogen-bond donors (Lipinski definition) is 0. The van der Waals surface area contributed by atoms with Crippen molar-refractivity contribution < 1.29 is 18.0 Å². The van der Waals surface area contributed by atoms with E-state index in [2.05, 4.69) is 20.9 Å². The Bertz CT molecular complexity index is 601. The summed E-state index contributed by atoms with van der Waals surface area (Å²) in [7, 11) is 0. The molecule has 1 aromatic rings. The predicted octanol–water partition coefficient (Wildman–Crippen LogP) is 2.87. The third-order valence-corrected chi connectivity index (χ3v) is 5.53. The Morgan fingerprint density at radius 2 is 1.96 bits per heavy atom. The van der Waals surface area contributed by atoms with Gasteiger partial charge in [-0.3, -0.25) is 4.79 Å². The molecule has 0 aliphatic carbocycles. The average molecular weight is 410 g/mol. The van der Waals surface area contributed by atoms with Crippen LogP contribution < -0.4 is 4.90 Å². The zero-order chi connectivity index (χ0) is 16.6. The molecule has 3 heterocycles. The first-order chi connectivity index (χ1) is 10.9. The maximum atomic E-state index is 12.6. The molecule has 23 heavy (non-hydrogen) atoms. The molecule has 3 rings (SSSR count). The molecule has 4 nitrogen and oxygen atoms in total. The molecule has 0 unspecified atom stereocenters. The van der Waals surface area contributed by atoms with Gasteiger partial charge in [0.15, 0.2) is 0 Å². The van der Waals surface area contributed by atoms with Crippen molar-refractivity contribution in [3.05, 3.63) is 22.3 Å². The highest BCUT2D eigenvalue weighted by molar-refractivity contribution is 9.10. The summed E-state index contributed by atoms with van der Waals surface area (Å²) < 4.78 is 38.2. The topological polar surface area (TPSA) is 36.4 Å². The number of aromatic nitrogens is 1. The van der Waals surface area contributed by atoms with Crippen molar-refractivity contribution in [2.24, 2.45) is 5.92 Å². The van der Waals surface area contributed by atoms with Gasteiger partial charge in [0, 0.05) is 43.9 Å². The summed E-state index contributed by atoms with van der Waals surface area (Å²) in [5, 5.41) is 0. The first-order valence-corrected chi connectivity index (χ1v) is 9.15. The fraction of sp³-hybridized carbons (Fsp3) is 0.571. The van der Waals surface area contributed by atoms with E-state index in [0.29, 0.717) is 23.4 Å². The summed E-state index contributed by atoms with van der Waals surface area (Å²) in [5.41, 5.74) is -0.785. The first kappa shape index (κ1) is 16.9. The molecule has 1 amide bonds. The van der Waals surface area contributed by atoms with E-state index in [-0.39, 0.29) is 11.8 Å². The zero-order valence-electron chi connectivity index (χ0n) is 12.1. The van der Waals surface area contributed by atoms with E-state index in [0.717, 1.165) is 36.9 Å². The molecule has 1 aromatic heterocycles. The summed E-state index contributed by atoms with van der Waals surface area (Å²) in [6.45, 7) is 2.56. The van der Waals surface area contributed by atoms with Crippen LogP contribution in [0, 0.1) is 5.92 Å². The van der Waals surface area contributed by atoms with Gasteiger partial charge >= 0.3 is 6.18 Å². The molecule has 2 saturated heterocycles. The van der Waals surface area contributed by atoms with Gasteiger partial charge in [-0.1, -0.05) is 0 Å². The van der Waals surface area contributed by atoms with Gasteiger partial charge in [0.25, 0.3) is 0 Å². The van der Waals surface area contributed by atoms with Crippen LogP contribution in [0.4, 0.5) is 19.0 Å². The number of hydrogen-bond acceptors (Lipinski definition) is 4. The largest absolute Gasteiger partial charge is 0.417 e. The van der Waals surface area contributed by atoms with Crippen LogP contribution in [0.2, 0.25) is 0 Å². The molecule has 0 radical (unpaired) electrons. The minimum absolute atomic E-state index is 0.0888. The van der Waals surface area contributed by atoms with Gasteiger partial charge in [0.1, 0.15) is 5.82 Å². The number of carbonyl (C=O) groups is 1. The third-order valence-electron chi connectivity index (χ3n) is 4.00. The Hall–Kier alpha value is -0.960. The molecule has 2 aliphatic heterocycles. The molecule has 0 N–H and O–H groups in total. The highest BCUT2D eigenvalue weighted by Gasteiger charge is 2.38. The number of amides is 1. The van der Waals surface area contributed by atoms with Gasteiger partial charge in [0.05, 0.1) is 16.0 Å². The number of thioether (sulfide) groups is 1. The second-order valence-electron chi connectivity index (χ2n) is 5.57. The van der Waals surface area contributed by atoms with E-state index in [9.17, 15) is 18.0 Å². The van der Waals surface area contributed by atoms with Gasteiger partial charge in [-0.2, -0.15) is 24.9 Å². The molecule has 2 fully saturated rings. The fourth-order valence-electron chi connectivity index (χ4n) is 2.67. The lowest BCUT2D eigenvalue weighted by Gasteiger charge is -2.42. The van der Waals surface area contributed by atoms with Crippen molar-refractivity contribution in [2.45, 2.75) is 6.18 Å². The summed E-state index contributed by atoms with van der Waals surface area (Å²) in [4.78, 5) is 19.9. The van der Waals surface area contributed by atoms with Gasteiger partial charge < -0.3 is 9.80 Å². The lowest BCUT2D eigenvalue weighted by Crippen LogP contribution is -2.56. The van der Waals surface area contributed by atoms with Crippen LogP contribution in [0.15, 0.2) is 16.7 Å². The van der Waals surface area contributed by atoms with Crippen molar-refractivity contribution in [3.63, 3.8) is 0 Å². The Labute approximate surface area is 144 Å². The van der Waals surface area contributed by atoms with Gasteiger partial charge in [-0.25, -0.2) is 4.98 Å². The number of nitrogens with zero attached hydrogens (tertiary/aromatic N) is 3. The number of pyridine rings is 1. The van der Waals surface area contributed by atoms with Crippen LogP contribution in [0.3, 0.4) is 0 Å². The standard InChI is InChI=1S/C14H15BrF3N3OS/c15-11-5-10(14(16,17)18)6-19-12(11)21-7-9(8-21)13(22)20-1-3-23-4-2-20/h5-6,9H,1-4,7-8H2. The molecular formula is C14H15BrF3N3OS. The minimum atomic E-state index is -4.41. The summed E-state index contributed by atoms with van der Waals surface area (Å²) >= 11 is 4.99. The number of anilines is 1. The quantitative estimate of drug-likeness (QED) is 0.752. The van der Waals surface area contributed by atoms with Crippen molar-refractivity contribution in [1.29, 1.82) is 0 Å². The van der Waals surface area contributed by atoms with E-state index in [1.165, 1.54) is 0 Å². The predicted molar refractivity (Wildman–Crippen MR) is 86.5 cm³/mol. The number of alkyl halides is 3. The lowest BCUT2D eigenvalue weighted by molar-refractivity contribution is -0.138. The van der Waals surface area contributed by atoms with Crippen LogP contribution in [0.25, 0.3) is 0 Å². The van der Waals surface area contributed by atoms with Crippen molar-refractivity contribution in [2.75, 3.05) is 42.6 Å². The SMILES string of the molecule is O=C(C1CN(c2ncc(C(F)(F)F)cc2Br)C1)N1CCSCC1. The molecule has 9 heteroatoms.